The molecule has 1 amide bonds. The summed E-state index contributed by atoms with van der Waals surface area (Å²) < 4.78 is 5.77. The summed E-state index contributed by atoms with van der Waals surface area (Å²) in [5, 5.41) is 6.54. The number of hydrogen-bond donors (Lipinski definition) is 2. The number of rotatable bonds is 4. The molecule has 2 fully saturated rings. The minimum atomic E-state index is -0.0522. The van der Waals surface area contributed by atoms with E-state index in [1.54, 1.807) is 0 Å². The number of likely N-dealkylation sites (tertiary alicyclic amines) is 1. The van der Waals surface area contributed by atoms with Crippen LogP contribution in [0.2, 0.25) is 0 Å². The molecular formula is C13H25N3O2. The van der Waals surface area contributed by atoms with Crippen molar-refractivity contribution in [2.24, 2.45) is 0 Å². The molecule has 0 spiro atoms. The molecule has 0 bridgehead atoms. The topological polar surface area (TPSA) is 53.6 Å². The maximum atomic E-state index is 12.3. The van der Waals surface area contributed by atoms with Gasteiger partial charge in [-0.1, -0.05) is 6.92 Å². The molecule has 0 saturated carbocycles. The van der Waals surface area contributed by atoms with Crippen LogP contribution in [0.4, 0.5) is 0 Å². The van der Waals surface area contributed by atoms with Crippen LogP contribution in [-0.2, 0) is 9.53 Å². The lowest BCUT2D eigenvalue weighted by molar-refractivity contribution is -0.137. The molecule has 2 atom stereocenters. The third kappa shape index (κ3) is 3.67. The number of carbonyl (C=O) groups excluding carboxylic acids is 1. The summed E-state index contributed by atoms with van der Waals surface area (Å²) in [5.41, 5.74) is 0. The number of nitrogens with one attached hydrogen (secondary N) is 2. The monoisotopic (exact) mass is 255 g/mol. The first-order valence-corrected chi connectivity index (χ1v) is 7.15. The van der Waals surface area contributed by atoms with Gasteiger partial charge >= 0.3 is 0 Å². The Hall–Kier alpha value is -0.650. The van der Waals surface area contributed by atoms with Crippen LogP contribution in [-0.4, -0.2) is 62.3 Å². The fourth-order valence-electron chi connectivity index (χ4n) is 2.61. The minimum absolute atomic E-state index is 0.0522. The Morgan fingerprint density at radius 3 is 3.06 bits per heavy atom. The Bertz CT molecular complexity index is 267. The summed E-state index contributed by atoms with van der Waals surface area (Å²) in [4.78, 5) is 14.3. The first kappa shape index (κ1) is 13.8. The zero-order valence-corrected chi connectivity index (χ0v) is 11.3. The van der Waals surface area contributed by atoms with E-state index in [0.717, 1.165) is 58.6 Å². The summed E-state index contributed by atoms with van der Waals surface area (Å²) >= 11 is 0. The molecule has 2 aliphatic rings. The van der Waals surface area contributed by atoms with Crippen molar-refractivity contribution in [1.29, 1.82) is 0 Å². The van der Waals surface area contributed by atoms with Gasteiger partial charge in [-0.15, -0.1) is 0 Å². The van der Waals surface area contributed by atoms with Crippen LogP contribution in [0.5, 0.6) is 0 Å². The van der Waals surface area contributed by atoms with E-state index in [0.29, 0.717) is 0 Å². The van der Waals surface area contributed by atoms with Crippen molar-refractivity contribution >= 4 is 5.91 Å². The summed E-state index contributed by atoms with van der Waals surface area (Å²) in [6.45, 7) is 7.13. The van der Waals surface area contributed by atoms with E-state index in [1.165, 1.54) is 0 Å². The van der Waals surface area contributed by atoms with Gasteiger partial charge in [0.1, 0.15) is 0 Å². The average molecular weight is 255 g/mol. The highest BCUT2D eigenvalue weighted by Crippen LogP contribution is 2.14. The van der Waals surface area contributed by atoms with Crippen LogP contribution >= 0.6 is 0 Å². The lowest BCUT2D eigenvalue weighted by Gasteiger charge is -2.36. The third-order valence-corrected chi connectivity index (χ3v) is 3.59. The van der Waals surface area contributed by atoms with E-state index >= 15 is 0 Å². The van der Waals surface area contributed by atoms with E-state index in [1.807, 2.05) is 4.90 Å². The summed E-state index contributed by atoms with van der Waals surface area (Å²) in [5.74, 6) is 0.229. The second kappa shape index (κ2) is 7.07. The average Bonchev–Trinajstić information content (AvgIpc) is 2.45. The highest BCUT2D eigenvalue weighted by atomic mass is 16.5. The molecule has 5 heteroatoms. The largest absolute Gasteiger partial charge is 0.376 e. The first-order chi connectivity index (χ1) is 8.81. The Kier molecular flexibility index (Phi) is 5.41. The molecule has 5 nitrogen and oxygen atoms in total. The molecule has 2 aliphatic heterocycles. The van der Waals surface area contributed by atoms with Gasteiger partial charge in [0.05, 0.1) is 12.1 Å². The van der Waals surface area contributed by atoms with Crippen molar-refractivity contribution in [3.63, 3.8) is 0 Å². The van der Waals surface area contributed by atoms with Gasteiger partial charge < -0.3 is 20.3 Å². The Morgan fingerprint density at radius 2 is 2.33 bits per heavy atom. The van der Waals surface area contributed by atoms with Gasteiger partial charge in [-0.3, -0.25) is 4.79 Å². The fraction of sp³-hybridized carbons (Fsp3) is 0.923. The standard InChI is InChI=1S/C13H25N3O2/c1-2-8-18-11-4-3-7-16(10-11)13(17)12-9-14-5-6-15-12/h11-12,14-15H,2-10H2,1H3. The first-order valence-electron chi connectivity index (χ1n) is 7.15. The van der Waals surface area contributed by atoms with Crippen molar-refractivity contribution in [2.45, 2.75) is 38.3 Å². The van der Waals surface area contributed by atoms with Crippen LogP contribution in [0, 0.1) is 0 Å². The lowest BCUT2D eigenvalue weighted by atomic mass is 10.1. The Morgan fingerprint density at radius 1 is 1.44 bits per heavy atom. The van der Waals surface area contributed by atoms with E-state index in [2.05, 4.69) is 17.6 Å². The highest BCUT2D eigenvalue weighted by Gasteiger charge is 2.29. The molecule has 2 saturated heterocycles. The summed E-state index contributed by atoms with van der Waals surface area (Å²) in [6, 6.07) is -0.0522. The van der Waals surface area contributed by atoms with Crippen LogP contribution < -0.4 is 10.6 Å². The van der Waals surface area contributed by atoms with Gasteiger partial charge in [-0.2, -0.15) is 0 Å². The summed E-state index contributed by atoms with van der Waals surface area (Å²) in [6.07, 6.45) is 3.41. The maximum absolute atomic E-state index is 12.3. The number of nitrogens with zero attached hydrogens (tertiary/aromatic N) is 1. The molecule has 18 heavy (non-hydrogen) atoms. The molecule has 2 unspecified atom stereocenters. The molecule has 2 N–H and O–H groups in total. The number of amides is 1. The second-order valence-electron chi connectivity index (χ2n) is 5.13. The van der Waals surface area contributed by atoms with Gasteiger partial charge in [0.2, 0.25) is 5.91 Å². The molecule has 0 radical (unpaired) electrons. The number of piperazine rings is 1. The van der Waals surface area contributed by atoms with E-state index < -0.39 is 0 Å². The quantitative estimate of drug-likeness (QED) is 0.740. The van der Waals surface area contributed by atoms with Crippen molar-refractivity contribution < 1.29 is 9.53 Å². The van der Waals surface area contributed by atoms with E-state index in [-0.39, 0.29) is 18.1 Å². The predicted octanol–water partition coefficient (Wildman–Crippen LogP) is -0.0346. The van der Waals surface area contributed by atoms with Gasteiger partial charge in [-0.25, -0.2) is 0 Å². The minimum Gasteiger partial charge on any atom is -0.376 e. The molecule has 0 aromatic heterocycles. The van der Waals surface area contributed by atoms with Crippen molar-refractivity contribution in [3.05, 3.63) is 0 Å². The maximum Gasteiger partial charge on any atom is 0.241 e. The molecule has 0 aliphatic carbocycles. The lowest BCUT2D eigenvalue weighted by Crippen LogP contribution is -2.58. The van der Waals surface area contributed by atoms with Crippen molar-refractivity contribution in [1.82, 2.24) is 15.5 Å². The second-order valence-corrected chi connectivity index (χ2v) is 5.13. The smallest absolute Gasteiger partial charge is 0.241 e. The Balaban J connectivity index is 1.81. The van der Waals surface area contributed by atoms with E-state index in [4.69, 9.17) is 4.74 Å². The van der Waals surface area contributed by atoms with Gasteiger partial charge in [-0.05, 0) is 19.3 Å². The van der Waals surface area contributed by atoms with Crippen LogP contribution in [0.3, 0.4) is 0 Å². The van der Waals surface area contributed by atoms with Crippen LogP contribution in [0.25, 0.3) is 0 Å². The molecular weight excluding hydrogens is 230 g/mol. The van der Waals surface area contributed by atoms with Crippen LogP contribution in [0.1, 0.15) is 26.2 Å². The van der Waals surface area contributed by atoms with Crippen molar-refractivity contribution in [2.75, 3.05) is 39.3 Å². The number of ether oxygens (including phenoxy) is 1. The third-order valence-electron chi connectivity index (χ3n) is 3.59. The van der Waals surface area contributed by atoms with Gasteiger partial charge in [0.25, 0.3) is 0 Å². The zero-order valence-electron chi connectivity index (χ0n) is 11.3. The Labute approximate surface area is 109 Å². The SMILES string of the molecule is CCCOC1CCCN(C(=O)C2CNCCN2)C1. The van der Waals surface area contributed by atoms with Gasteiger partial charge in [0.15, 0.2) is 0 Å². The molecule has 104 valence electrons. The number of hydrogen-bond acceptors (Lipinski definition) is 4. The number of piperidine rings is 1. The zero-order chi connectivity index (χ0) is 12.8. The fourth-order valence-corrected chi connectivity index (χ4v) is 2.61. The van der Waals surface area contributed by atoms with Crippen LogP contribution in [0.15, 0.2) is 0 Å². The molecule has 0 aromatic carbocycles. The summed E-state index contributed by atoms with van der Waals surface area (Å²) in [7, 11) is 0. The number of carbonyl (C=O) groups is 1. The highest BCUT2D eigenvalue weighted by molar-refractivity contribution is 5.82. The predicted molar refractivity (Wildman–Crippen MR) is 70.5 cm³/mol. The van der Waals surface area contributed by atoms with E-state index in [9.17, 15) is 4.79 Å². The normalized spacial score (nSPS) is 29.3. The molecule has 2 rings (SSSR count). The van der Waals surface area contributed by atoms with Gasteiger partial charge in [0, 0.05) is 39.3 Å². The molecule has 0 aromatic rings. The van der Waals surface area contributed by atoms with Crippen molar-refractivity contribution in [3.8, 4) is 0 Å². The molecule has 2 heterocycles.